The van der Waals surface area contributed by atoms with Gasteiger partial charge in [-0.05, 0) is 13.0 Å². The van der Waals surface area contributed by atoms with Crippen LogP contribution in [0, 0.1) is 11.8 Å². The first-order valence-corrected chi connectivity index (χ1v) is 7.54. The van der Waals surface area contributed by atoms with E-state index in [1.165, 1.54) is 25.6 Å². The number of methoxy groups -OCH3 is 1. The van der Waals surface area contributed by atoms with Gasteiger partial charge in [-0.15, -0.1) is 0 Å². The van der Waals surface area contributed by atoms with Crippen molar-refractivity contribution in [3.63, 3.8) is 0 Å². The standard InChI is InChI=1S/C13H18N2O4S/c1-11(10-19-2)15-20(17,18)13-7-12(8-14-9-13)5-3-4-6-16/h7-9,11,15-16H,4,6,10H2,1-2H3. The number of ether oxygens (including phenoxy) is 1. The summed E-state index contributed by atoms with van der Waals surface area (Å²) in [7, 11) is -2.14. The molecule has 2 N–H and O–H groups in total. The minimum Gasteiger partial charge on any atom is -0.395 e. The lowest BCUT2D eigenvalue weighted by molar-refractivity contribution is 0.180. The van der Waals surface area contributed by atoms with Gasteiger partial charge in [0.25, 0.3) is 0 Å². The first-order chi connectivity index (χ1) is 9.49. The van der Waals surface area contributed by atoms with Crippen LogP contribution in [0.2, 0.25) is 0 Å². The maximum Gasteiger partial charge on any atom is 0.242 e. The van der Waals surface area contributed by atoms with E-state index < -0.39 is 10.0 Å². The first-order valence-electron chi connectivity index (χ1n) is 6.05. The highest BCUT2D eigenvalue weighted by Crippen LogP contribution is 2.09. The van der Waals surface area contributed by atoms with E-state index in [0.29, 0.717) is 12.0 Å². The topological polar surface area (TPSA) is 88.5 Å². The highest BCUT2D eigenvalue weighted by atomic mass is 32.2. The zero-order valence-corrected chi connectivity index (χ0v) is 12.3. The van der Waals surface area contributed by atoms with Gasteiger partial charge in [0.05, 0.1) is 13.2 Å². The van der Waals surface area contributed by atoms with Crippen LogP contribution >= 0.6 is 0 Å². The molecule has 0 fully saturated rings. The average Bonchev–Trinajstić information content (AvgIpc) is 2.39. The summed E-state index contributed by atoms with van der Waals surface area (Å²) in [6.45, 7) is 1.95. The molecule has 1 aromatic rings. The van der Waals surface area contributed by atoms with E-state index >= 15 is 0 Å². The van der Waals surface area contributed by atoms with Crippen LogP contribution in [0.1, 0.15) is 18.9 Å². The van der Waals surface area contributed by atoms with Crippen molar-refractivity contribution in [2.45, 2.75) is 24.3 Å². The monoisotopic (exact) mass is 298 g/mol. The van der Waals surface area contributed by atoms with E-state index in [-0.39, 0.29) is 24.2 Å². The Morgan fingerprint density at radius 1 is 1.50 bits per heavy atom. The number of nitrogens with one attached hydrogen (secondary N) is 1. The van der Waals surface area contributed by atoms with E-state index in [1.807, 2.05) is 0 Å². The summed E-state index contributed by atoms with van der Waals surface area (Å²) in [5.74, 6) is 5.46. The molecule has 0 saturated heterocycles. The molecule has 0 radical (unpaired) electrons. The Bertz CT molecular complexity index is 590. The number of hydrogen-bond donors (Lipinski definition) is 2. The Labute approximate surface area is 119 Å². The second-order valence-electron chi connectivity index (χ2n) is 4.16. The van der Waals surface area contributed by atoms with Crippen LogP contribution in [-0.2, 0) is 14.8 Å². The third-order valence-electron chi connectivity index (χ3n) is 2.27. The number of pyridine rings is 1. The lowest BCUT2D eigenvalue weighted by atomic mass is 10.3. The van der Waals surface area contributed by atoms with E-state index in [2.05, 4.69) is 21.5 Å². The number of hydrogen-bond acceptors (Lipinski definition) is 5. The van der Waals surface area contributed by atoms with Gasteiger partial charge in [0.1, 0.15) is 4.90 Å². The van der Waals surface area contributed by atoms with Crippen LogP contribution in [0.3, 0.4) is 0 Å². The van der Waals surface area contributed by atoms with Crippen LogP contribution < -0.4 is 4.72 Å². The van der Waals surface area contributed by atoms with Crippen LogP contribution in [0.4, 0.5) is 0 Å². The summed E-state index contributed by atoms with van der Waals surface area (Å²) in [5.41, 5.74) is 0.487. The molecule has 1 heterocycles. The van der Waals surface area contributed by atoms with Crippen molar-refractivity contribution < 1.29 is 18.3 Å². The Balaban J connectivity index is 2.91. The smallest absolute Gasteiger partial charge is 0.242 e. The highest BCUT2D eigenvalue weighted by Gasteiger charge is 2.17. The van der Waals surface area contributed by atoms with Crippen molar-refractivity contribution in [1.82, 2.24) is 9.71 Å². The molecule has 1 rings (SSSR count). The normalized spacial score (nSPS) is 12.6. The Hall–Kier alpha value is -1.46. The second kappa shape index (κ2) is 7.97. The molecule has 0 amide bonds. The fraction of sp³-hybridized carbons (Fsp3) is 0.462. The van der Waals surface area contributed by atoms with Gasteiger partial charge in [0.15, 0.2) is 0 Å². The Morgan fingerprint density at radius 2 is 2.25 bits per heavy atom. The van der Waals surface area contributed by atoms with Crippen LogP contribution in [0.5, 0.6) is 0 Å². The molecular formula is C13H18N2O4S. The number of rotatable bonds is 6. The number of aliphatic hydroxyl groups excluding tert-OH is 1. The van der Waals surface area contributed by atoms with Gasteiger partial charge in [-0.1, -0.05) is 11.8 Å². The Kier molecular flexibility index (Phi) is 6.61. The van der Waals surface area contributed by atoms with E-state index in [4.69, 9.17) is 9.84 Å². The highest BCUT2D eigenvalue weighted by molar-refractivity contribution is 7.89. The van der Waals surface area contributed by atoms with Crippen molar-refractivity contribution in [3.05, 3.63) is 24.0 Å². The number of nitrogens with zero attached hydrogens (tertiary/aromatic N) is 1. The van der Waals surface area contributed by atoms with Gasteiger partial charge in [-0.3, -0.25) is 4.98 Å². The van der Waals surface area contributed by atoms with Gasteiger partial charge < -0.3 is 9.84 Å². The van der Waals surface area contributed by atoms with Gasteiger partial charge in [-0.25, -0.2) is 13.1 Å². The average molecular weight is 298 g/mol. The molecule has 0 aliphatic carbocycles. The summed E-state index contributed by atoms with van der Waals surface area (Å²) in [4.78, 5) is 3.92. The van der Waals surface area contributed by atoms with E-state index in [9.17, 15) is 8.42 Å². The van der Waals surface area contributed by atoms with E-state index in [1.54, 1.807) is 6.92 Å². The molecule has 7 heteroatoms. The SMILES string of the molecule is COCC(C)NS(=O)(=O)c1cncc(C#CCCO)c1. The zero-order valence-electron chi connectivity index (χ0n) is 11.5. The number of aromatic nitrogens is 1. The maximum absolute atomic E-state index is 12.1. The molecule has 0 spiro atoms. The lowest BCUT2D eigenvalue weighted by Crippen LogP contribution is -2.35. The molecule has 6 nitrogen and oxygen atoms in total. The number of aliphatic hydroxyl groups is 1. The largest absolute Gasteiger partial charge is 0.395 e. The molecule has 1 atom stereocenters. The van der Waals surface area contributed by atoms with Crippen molar-refractivity contribution in [2.24, 2.45) is 0 Å². The van der Waals surface area contributed by atoms with Gasteiger partial charge in [0, 0.05) is 37.5 Å². The minimum absolute atomic E-state index is 0.0332. The Morgan fingerprint density at radius 3 is 2.90 bits per heavy atom. The summed E-state index contributed by atoms with van der Waals surface area (Å²) in [6.07, 6.45) is 3.07. The predicted octanol–water partition coefficient (Wildman–Crippen LogP) is 0.129. The molecule has 0 aliphatic rings. The van der Waals surface area contributed by atoms with E-state index in [0.717, 1.165) is 0 Å². The maximum atomic E-state index is 12.1. The fourth-order valence-corrected chi connectivity index (χ4v) is 2.69. The lowest BCUT2D eigenvalue weighted by Gasteiger charge is -2.13. The van der Waals surface area contributed by atoms with Crippen LogP contribution in [-0.4, -0.2) is 44.9 Å². The summed E-state index contributed by atoms with van der Waals surface area (Å²) in [5, 5.41) is 8.64. The molecule has 0 aliphatic heterocycles. The van der Waals surface area contributed by atoms with Gasteiger partial charge in [-0.2, -0.15) is 0 Å². The number of sulfonamides is 1. The molecule has 0 saturated carbocycles. The van der Waals surface area contributed by atoms with Crippen molar-refractivity contribution >= 4 is 10.0 Å². The van der Waals surface area contributed by atoms with Crippen molar-refractivity contribution in [1.29, 1.82) is 0 Å². The molecule has 1 aromatic heterocycles. The third kappa shape index (κ3) is 5.27. The molecule has 1 unspecified atom stereocenters. The van der Waals surface area contributed by atoms with Crippen LogP contribution in [0.15, 0.2) is 23.4 Å². The molecule has 20 heavy (non-hydrogen) atoms. The molecular weight excluding hydrogens is 280 g/mol. The van der Waals surface area contributed by atoms with Crippen LogP contribution in [0.25, 0.3) is 0 Å². The van der Waals surface area contributed by atoms with Gasteiger partial charge in [0.2, 0.25) is 10.0 Å². The van der Waals surface area contributed by atoms with Gasteiger partial charge >= 0.3 is 0 Å². The molecule has 0 aromatic carbocycles. The predicted molar refractivity (Wildman–Crippen MR) is 74.5 cm³/mol. The first kappa shape index (κ1) is 16.6. The zero-order chi connectivity index (χ0) is 15.0. The third-order valence-corrected chi connectivity index (χ3v) is 3.82. The summed E-state index contributed by atoms with van der Waals surface area (Å²) in [6, 6.07) is 1.10. The molecule has 110 valence electrons. The summed E-state index contributed by atoms with van der Waals surface area (Å²) >= 11 is 0. The quantitative estimate of drug-likeness (QED) is 0.729. The molecule has 0 bridgehead atoms. The summed E-state index contributed by atoms with van der Waals surface area (Å²) < 4.78 is 31.6. The van der Waals surface area contributed by atoms with Crippen molar-refractivity contribution in [2.75, 3.05) is 20.3 Å². The second-order valence-corrected chi connectivity index (χ2v) is 5.88. The fourth-order valence-electron chi connectivity index (χ4n) is 1.47. The van der Waals surface area contributed by atoms with Crippen molar-refractivity contribution in [3.8, 4) is 11.8 Å². The minimum atomic E-state index is -3.64.